The summed E-state index contributed by atoms with van der Waals surface area (Å²) in [4.78, 5) is 4.13. The number of nitrogens with zero attached hydrogens (tertiary/aromatic N) is 1. The molecule has 2 rings (SSSR count). The predicted molar refractivity (Wildman–Crippen MR) is 118 cm³/mol. The van der Waals surface area contributed by atoms with Crippen LogP contribution in [0.1, 0.15) is 16.7 Å². The molecule has 0 unspecified atom stereocenters. The Morgan fingerprint density at radius 3 is 2.32 bits per heavy atom. The van der Waals surface area contributed by atoms with E-state index in [2.05, 4.69) is 20.4 Å². The Bertz CT molecular complexity index is 761. The van der Waals surface area contributed by atoms with Crippen molar-refractivity contribution in [3.63, 3.8) is 0 Å². The van der Waals surface area contributed by atoms with Crippen LogP contribution in [0.15, 0.2) is 47.5 Å². The third-order valence-electron chi connectivity index (χ3n) is 3.70. The summed E-state index contributed by atoms with van der Waals surface area (Å²) >= 11 is 5.95. The lowest BCUT2D eigenvalue weighted by atomic mass is 10.1. The molecule has 0 heterocycles. The van der Waals surface area contributed by atoms with E-state index in [4.69, 9.17) is 16.3 Å². The van der Waals surface area contributed by atoms with Crippen molar-refractivity contribution in [1.29, 1.82) is 0 Å². The maximum absolute atomic E-state index is 12.5. The van der Waals surface area contributed by atoms with Crippen molar-refractivity contribution in [3.05, 3.63) is 64.2 Å². The van der Waals surface area contributed by atoms with Crippen LogP contribution in [0, 0.1) is 0 Å². The van der Waals surface area contributed by atoms with Crippen molar-refractivity contribution in [3.8, 4) is 5.75 Å². The minimum atomic E-state index is -2.90. The molecule has 2 aromatic carbocycles. The van der Waals surface area contributed by atoms with E-state index in [0.29, 0.717) is 29.7 Å². The van der Waals surface area contributed by atoms with E-state index in [0.717, 1.165) is 11.1 Å². The van der Waals surface area contributed by atoms with Gasteiger partial charge in [0.1, 0.15) is 5.75 Å². The molecule has 0 aliphatic carbocycles. The van der Waals surface area contributed by atoms with Crippen LogP contribution in [-0.2, 0) is 24.4 Å². The van der Waals surface area contributed by atoms with E-state index in [1.165, 1.54) is 12.1 Å². The number of guanidine groups is 1. The van der Waals surface area contributed by atoms with Crippen molar-refractivity contribution in [2.45, 2.75) is 26.3 Å². The summed E-state index contributed by atoms with van der Waals surface area (Å²) in [6.07, 6.45) is 0. The van der Waals surface area contributed by atoms with E-state index in [1.54, 1.807) is 20.2 Å². The summed E-state index contributed by atoms with van der Waals surface area (Å²) in [5.74, 6) is 0.602. The summed E-state index contributed by atoms with van der Waals surface area (Å²) in [6, 6.07) is 12.5. The first-order chi connectivity index (χ1) is 13.0. The lowest BCUT2D eigenvalue weighted by molar-refractivity contribution is -0.0504. The van der Waals surface area contributed by atoms with Gasteiger partial charge in [-0.15, -0.1) is 24.0 Å². The van der Waals surface area contributed by atoms with E-state index < -0.39 is 6.61 Å². The number of methoxy groups -OCH3 is 1. The Labute approximate surface area is 185 Å². The molecule has 0 fully saturated rings. The average molecular weight is 526 g/mol. The SMILES string of the molecule is CN=C(NCc1ccc(COC)cc1)NCc1cc(Cl)ccc1OC(F)F.I. The third-order valence-corrected chi connectivity index (χ3v) is 3.94. The normalized spacial score (nSPS) is 11.1. The fourth-order valence-corrected chi connectivity index (χ4v) is 2.60. The Hall–Kier alpha value is -1.65. The van der Waals surface area contributed by atoms with Gasteiger partial charge in [-0.05, 0) is 29.3 Å². The molecule has 5 nitrogen and oxygen atoms in total. The van der Waals surface area contributed by atoms with Gasteiger partial charge in [0.05, 0.1) is 6.61 Å². The van der Waals surface area contributed by atoms with Crippen LogP contribution in [0.2, 0.25) is 5.02 Å². The van der Waals surface area contributed by atoms with Crippen LogP contribution in [0.5, 0.6) is 5.75 Å². The van der Waals surface area contributed by atoms with Crippen LogP contribution >= 0.6 is 35.6 Å². The zero-order valence-corrected chi connectivity index (χ0v) is 18.6. The third kappa shape index (κ3) is 8.15. The summed E-state index contributed by atoms with van der Waals surface area (Å²) in [5.41, 5.74) is 2.67. The number of ether oxygens (including phenoxy) is 2. The highest BCUT2D eigenvalue weighted by molar-refractivity contribution is 14.0. The second-order valence-corrected chi connectivity index (χ2v) is 6.10. The molecule has 2 aromatic rings. The number of hydrogen-bond acceptors (Lipinski definition) is 3. The van der Waals surface area contributed by atoms with Gasteiger partial charge in [0.25, 0.3) is 0 Å². The highest BCUT2D eigenvalue weighted by Crippen LogP contribution is 2.24. The molecule has 0 bridgehead atoms. The van der Waals surface area contributed by atoms with E-state index in [-0.39, 0.29) is 36.3 Å². The number of hydrogen-bond donors (Lipinski definition) is 2. The van der Waals surface area contributed by atoms with Crippen molar-refractivity contribution in [2.24, 2.45) is 4.99 Å². The largest absolute Gasteiger partial charge is 0.434 e. The van der Waals surface area contributed by atoms with Crippen LogP contribution in [0.4, 0.5) is 8.78 Å². The standard InChI is InChI=1S/C19H22ClF2N3O2.HI/c1-23-19(24-10-13-3-5-14(6-4-13)12-26-2)25-11-15-9-16(20)7-8-17(15)27-18(21)22;/h3-9,18H,10-12H2,1-2H3,(H2,23,24,25);1H. The second kappa shape index (κ2) is 12.7. The molecule has 0 saturated heterocycles. The van der Waals surface area contributed by atoms with Gasteiger partial charge in [-0.3, -0.25) is 4.99 Å². The van der Waals surface area contributed by atoms with Crippen LogP contribution in [-0.4, -0.2) is 26.7 Å². The molecule has 0 radical (unpaired) electrons. The molecule has 9 heteroatoms. The van der Waals surface area contributed by atoms with Gasteiger partial charge in [-0.1, -0.05) is 35.9 Å². The zero-order chi connectivity index (χ0) is 19.6. The maximum Gasteiger partial charge on any atom is 0.387 e. The fraction of sp³-hybridized carbons (Fsp3) is 0.316. The first-order valence-electron chi connectivity index (χ1n) is 8.26. The van der Waals surface area contributed by atoms with E-state index in [1.807, 2.05) is 24.3 Å². The quantitative estimate of drug-likeness (QED) is 0.301. The second-order valence-electron chi connectivity index (χ2n) is 5.66. The number of rotatable bonds is 8. The topological polar surface area (TPSA) is 54.9 Å². The Kier molecular flexibility index (Phi) is 11.1. The first kappa shape index (κ1) is 24.4. The zero-order valence-electron chi connectivity index (χ0n) is 15.5. The molecule has 0 saturated carbocycles. The number of nitrogens with one attached hydrogen (secondary N) is 2. The lowest BCUT2D eigenvalue weighted by Crippen LogP contribution is -2.36. The van der Waals surface area contributed by atoms with E-state index in [9.17, 15) is 8.78 Å². The Balaban J connectivity index is 0.00000392. The molecular formula is C19H23ClF2IN3O2. The predicted octanol–water partition coefficient (Wildman–Crippen LogP) is 4.57. The molecular weight excluding hydrogens is 503 g/mol. The van der Waals surface area contributed by atoms with Gasteiger partial charge in [0.2, 0.25) is 0 Å². The number of halogens is 4. The number of alkyl halides is 2. The van der Waals surface area contributed by atoms with Gasteiger partial charge in [-0.25, -0.2) is 0 Å². The van der Waals surface area contributed by atoms with Gasteiger partial charge in [0, 0.05) is 37.8 Å². The lowest BCUT2D eigenvalue weighted by Gasteiger charge is -2.15. The van der Waals surface area contributed by atoms with Crippen molar-refractivity contribution in [1.82, 2.24) is 10.6 Å². The summed E-state index contributed by atoms with van der Waals surface area (Å²) in [6.45, 7) is -1.54. The number of aliphatic imine (C=N–C) groups is 1. The summed E-state index contributed by atoms with van der Waals surface area (Å²) in [5, 5.41) is 6.67. The molecule has 0 aromatic heterocycles. The molecule has 0 spiro atoms. The van der Waals surface area contributed by atoms with Crippen molar-refractivity contribution < 1.29 is 18.3 Å². The van der Waals surface area contributed by atoms with Crippen molar-refractivity contribution in [2.75, 3.05) is 14.2 Å². The maximum atomic E-state index is 12.5. The first-order valence-corrected chi connectivity index (χ1v) is 8.64. The Morgan fingerprint density at radius 1 is 1.07 bits per heavy atom. The summed E-state index contributed by atoms with van der Waals surface area (Å²) < 4.78 is 34.7. The molecule has 0 atom stereocenters. The molecule has 2 N–H and O–H groups in total. The molecule has 0 amide bonds. The molecule has 0 aliphatic rings. The van der Waals surface area contributed by atoms with Crippen LogP contribution < -0.4 is 15.4 Å². The minimum Gasteiger partial charge on any atom is -0.434 e. The van der Waals surface area contributed by atoms with Gasteiger partial charge >= 0.3 is 6.61 Å². The van der Waals surface area contributed by atoms with Gasteiger partial charge in [0.15, 0.2) is 5.96 Å². The Morgan fingerprint density at radius 2 is 1.71 bits per heavy atom. The van der Waals surface area contributed by atoms with E-state index >= 15 is 0 Å². The minimum absolute atomic E-state index is 0. The van der Waals surface area contributed by atoms with Crippen LogP contribution in [0.3, 0.4) is 0 Å². The fourth-order valence-electron chi connectivity index (χ4n) is 2.40. The highest BCUT2D eigenvalue weighted by atomic mass is 127. The van der Waals surface area contributed by atoms with Crippen molar-refractivity contribution >= 4 is 41.5 Å². The summed E-state index contributed by atoms with van der Waals surface area (Å²) in [7, 11) is 3.29. The number of benzene rings is 2. The monoisotopic (exact) mass is 525 g/mol. The molecule has 0 aliphatic heterocycles. The molecule has 154 valence electrons. The molecule has 28 heavy (non-hydrogen) atoms. The van der Waals surface area contributed by atoms with Gasteiger partial charge in [-0.2, -0.15) is 8.78 Å². The highest BCUT2D eigenvalue weighted by Gasteiger charge is 2.11. The smallest absolute Gasteiger partial charge is 0.387 e. The average Bonchev–Trinajstić information content (AvgIpc) is 2.65. The van der Waals surface area contributed by atoms with Crippen LogP contribution in [0.25, 0.3) is 0 Å². The van der Waals surface area contributed by atoms with Gasteiger partial charge < -0.3 is 20.1 Å².